The SMILES string of the molecule is COc1ccc(S(=O)(=O)NCc2cc3cc(C)ccc3[nH]c2=O)cc1C. The summed E-state index contributed by atoms with van der Waals surface area (Å²) in [6.45, 7) is 3.64. The van der Waals surface area contributed by atoms with Gasteiger partial charge in [0.25, 0.3) is 5.56 Å². The van der Waals surface area contributed by atoms with Gasteiger partial charge >= 0.3 is 0 Å². The molecule has 6 nitrogen and oxygen atoms in total. The van der Waals surface area contributed by atoms with E-state index in [1.807, 2.05) is 25.1 Å². The lowest BCUT2D eigenvalue weighted by molar-refractivity contribution is 0.411. The number of H-pyrrole nitrogens is 1. The molecule has 1 aromatic heterocycles. The van der Waals surface area contributed by atoms with Crippen molar-refractivity contribution in [2.75, 3.05) is 7.11 Å². The Morgan fingerprint density at radius 3 is 2.54 bits per heavy atom. The van der Waals surface area contributed by atoms with Gasteiger partial charge in [0.1, 0.15) is 5.75 Å². The van der Waals surface area contributed by atoms with E-state index < -0.39 is 10.0 Å². The van der Waals surface area contributed by atoms with Crippen LogP contribution >= 0.6 is 0 Å². The van der Waals surface area contributed by atoms with E-state index in [1.165, 1.54) is 19.2 Å². The summed E-state index contributed by atoms with van der Waals surface area (Å²) in [5, 5.41) is 0.860. The molecule has 0 atom stereocenters. The number of rotatable bonds is 5. The zero-order chi connectivity index (χ0) is 18.9. The lowest BCUT2D eigenvalue weighted by Crippen LogP contribution is -2.27. The maximum Gasteiger partial charge on any atom is 0.252 e. The average molecular weight is 372 g/mol. The van der Waals surface area contributed by atoms with Gasteiger partial charge < -0.3 is 9.72 Å². The normalized spacial score (nSPS) is 11.7. The highest BCUT2D eigenvalue weighted by Crippen LogP contribution is 2.21. The van der Waals surface area contributed by atoms with Gasteiger partial charge in [-0.15, -0.1) is 0 Å². The first-order valence-corrected chi connectivity index (χ1v) is 9.55. The summed E-state index contributed by atoms with van der Waals surface area (Å²) in [6, 6.07) is 12.0. The number of nitrogens with one attached hydrogen (secondary N) is 2. The van der Waals surface area contributed by atoms with E-state index in [0.29, 0.717) is 11.3 Å². The summed E-state index contributed by atoms with van der Waals surface area (Å²) in [7, 11) is -2.21. The van der Waals surface area contributed by atoms with Gasteiger partial charge in [0.2, 0.25) is 10.0 Å². The minimum Gasteiger partial charge on any atom is -0.496 e. The number of hydrogen-bond acceptors (Lipinski definition) is 4. The molecule has 0 amide bonds. The molecule has 2 N–H and O–H groups in total. The lowest BCUT2D eigenvalue weighted by Gasteiger charge is -2.10. The summed E-state index contributed by atoms with van der Waals surface area (Å²) >= 11 is 0. The first-order valence-electron chi connectivity index (χ1n) is 8.07. The number of sulfonamides is 1. The van der Waals surface area contributed by atoms with E-state index in [4.69, 9.17) is 4.74 Å². The van der Waals surface area contributed by atoms with E-state index in [-0.39, 0.29) is 17.0 Å². The highest BCUT2D eigenvalue weighted by molar-refractivity contribution is 7.89. The van der Waals surface area contributed by atoms with Crippen molar-refractivity contribution < 1.29 is 13.2 Å². The van der Waals surface area contributed by atoms with Crippen LogP contribution in [0, 0.1) is 13.8 Å². The fraction of sp³-hybridized carbons (Fsp3) is 0.211. The van der Waals surface area contributed by atoms with E-state index in [0.717, 1.165) is 22.0 Å². The summed E-state index contributed by atoms with van der Waals surface area (Å²) < 4.78 is 32.7. The van der Waals surface area contributed by atoms with Gasteiger partial charge in [-0.3, -0.25) is 4.79 Å². The zero-order valence-electron chi connectivity index (χ0n) is 14.8. The first kappa shape index (κ1) is 18.2. The van der Waals surface area contributed by atoms with Crippen LogP contribution in [0.4, 0.5) is 0 Å². The second kappa shape index (κ2) is 6.93. The van der Waals surface area contributed by atoms with Crippen molar-refractivity contribution in [3.8, 4) is 5.75 Å². The third-order valence-electron chi connectivity index (χ3n) is 4.21. The molecule has 26 heavy (non-hydrogen) atoms. The number of ether oxygens (including phenoxy) is 1. The maximum absolute atomic E-state index is 12.5. The van der Waals surface area contributed by atoms with Crippen molar-refractivity contribution in [2.24, 2.45) is 0 Å². The molecule has 2 aromatic carbocycles. The third-order valence-corrected chi connectivity index (χ3v) is 5.60. The second-order valence-electron chi connectivity index (χ2n) is 6.17. The van der Waals surface area contributed by atoms with Crippen LogP contribution in [0.2, 0.25) is 0 Å². The van der Waals surface area contributed by atoms with Crippen LogP contribution in [0.3, 0.4) is 0 Å². The van der Waals surface area contributed by atoms with Crippen LogP contribution in [-0.2, 0) is 16.6 Å². The van der Waals surface area contributed by atoms with E-state index in [2.05, 4.69) is 9.71 Å². The highest BCUT2D eigenvalue weighted by Gasteiger charge is 2.16. The molecule has 0 aliphatic heterocycles. The molecule has 0 radical (unpaired) electrons. The number of aromatic nitrogens is 1. The summed E-state index contributed by atoms with van der Waals surface area (Å²) in [4.78, 5) is 15.1. The molecule has 0 unspecified atom stereocenters. The third kappa shape index (κ3) is 3.63. The van der Waals surface area contributed by atoms with Crippen LogP contribution in [-0.4, -0.2) is 20.5 Å². The number of fused-ring (bicyclic) bond motifs is 1. The molecule has 1 heterocycles. The topological polar surface area (TPSA) is 88.3 Å². The smallest absolute Gasteiger partial charge is 0.252 e. The van der Waals surface area contributed by atoms with Crippen LogP contribution < -0.4 is 15.0 Å². The molecule has 0 spiro atoms. The number of benzene rings is 2. The fourth-order valence-corrected chi connectivity index (χ4v) is 3.87. The van der Waals surface area contributed by atoms with Gasteiger partial charge in [-0.25, -0.2) is 13.1 Å². The maximum atomic E-state index is 12.5. The predicted octanol–water partition coefficient (Wildman–Crippen LogP) is 2.63. The van der Waals surface area contributed by atoms with Crippen molar-refractivity contribution in [2.45, 2.75) is 25.3 Å². The van der Waals surface area contributed by atoms with Crippen LogP contribution in [0.25, 0.3) is 10.9 Å². The number of methoxy groups -OCH3 is 1. The summed E-state index contributed by atoms with van der Waals surface area (Å²) in [6.07, 6.45) is 0. The van der Waals surface area contributed by atoms with Crippen LogP contribution in [0.15, 0.2) is 52.2 Å². The largest absolute Gasteiger partial charge is 0.496 e. The standard InChI is InChI=1S/C19H20N2O4S/c1-12-4-6-17-14(8-12)10-15(19(22)21-17)11-20-26(23,24)16-5-7-18(25-3)13(2)9-16/h4-10,20H,11H2,1-3H3,(H,21,22). The number of pyridine rings is 1. The molecule has 0 saturated heterocycles. The quantitative estimate of drug-likeness (QED) is 0.721. The van der Waals surface area contributed by atoms with Crippen LogP contribution in [0.5, 0.6) is 5.75 Å². The zero-order valence-corrected chi connectivity index (χ0v) is 15.6. The van der Waals surface area contributed by atoms with Gasteiger partial charge in [-0.05, 0) is 61.2 Å². The second-order valence-corrected chi connectivity index (χ2v) is 7.94. The first-order chi connectivity index (χ1) is 12.3. The van der Waals surface area contributed by atoms with E-state index >= 15 is 0 Å². The summed E-state index contributed by atoms with van der Waals surface area (Å²) in [5.74, 6) is 0.616. The Balaban J connectivity index is 1.88. The minimum absolute atomic E-state index is 0.0906. The Morgan fingerprint density at radius 2 is 1.85 bits per heavy atom. The molecular formula is C19H20N2O4S. The highest BCUT2D eigenvalue weighted by atomic mass is 32.2. The van der Waals surface area contributed by atoms with E-state index in [9.17, 15) is 13.2 Å². The van der Waals surface area contributed by atoms with Gasteiger partial charge in [0.15, 0.2) is 0 Å². The Labute approximate surface area is 151 Å². The molecular weight excluding hydrogens is 352 g/mol. The van der Waals surface area contributed by atoms with Gasteiger partial charge in [-0.2, -0.15) is 0 Å². The minimum atomic E-state index is -3.74. The van der Waals surface area contributed by atoms with E-state index in [1.54, 1.807) is 19.1 Å². The fourth-order valence-electron chi connectivity index (χ4n) is 2.78. The van der Waals surface area contributed by atoms with Crippen molar-refractivity contribution in [3.05, 3.63) is 69.5 Å². The molecule has 7 heteroatoms. The molecule has 0 aliphatic rings. The van der Waals surface area contributed by atoms with Crippen molar-refractivity contribution in [3.63, 3.8) is 0 Å². The molecule has 0 bridgehead atoms. The van der Waals surface area contributed by atoms with Crippen molar-refractivity contribution in [1.29, 1.82) is 0 Å². The average Bonchev–Trinajstić information content (AvgIpc) is 2.60. The summed E-state index contributed by atoms with van der Waals surface area (Å²) in [5.41, 5.74) is 2.55. The molecule has 3 aromatic rings. The lowest BCUT2D eigenvalue weighted by atomic mass is 10.1. The Kier molecular flexibility index (Phi) is 4.84. The predicted molar refractivity (Wildman–Crippen MR) is 101 cm³/mol. The Morgan fingerprint density at radius 1 is 1.08 bits per heavy atom. The van der Waals surface area contributed by atoms with Gasteiger partial charge in [0.05, 0.1) is 12.0 Å². The Bertz CT molecular complexity index is 1130. The number of hydrogen-bond donors (Lipinski definition) is 2. The van der Waals surface area contributed by atoms with Crippen molar-refractivity contribution >= 4 is 20.9 Å². The molecule has 3 rings (SSSR count). The molecule has 0 aliphatic carbocycles. The van der Waals surface area contributed by atoms with Crippen molar-refractivity contribution in [1.82, 2.24) is 9.71 Å². The molecule has 0 fully saturated rings. The molecule has 136 valence electrons. The number of aryl methyl sites for hydroxylation is 2. The van der Waals surface area contributed by atoms with Gasteiger partial charge in [0, 0.05) is 17.6 Å². The monoisotopic (exact) mass is 372 g/mol. The van der Waals surface area contributed by atoms with Crippen LogP contribution in [0.1, 0.15) is 16.7 Å². The Hall–Kier alpha value is -2.64. The number of aromatic amines is 1. The van der Waals surface area contributed by atoms with Gasteiger partial charge in [-0.1, -0.05) is 11.6 Å². The molecule has 0 saturated carbocycles.